The van der Waals surface area contributed by atoms with Crippen molar-refractivity contribution >= 4 is 22.7 Å². The molecule has 2 heterocycles. The van der Waals surface area contributed by atoms with Crippen molar-refractivity contribution in [1.29, 1.82) is 0 Å². The molecule has 35 heavy (non-hydrogen) atoms. The lowest BCUT2D eigenvalue weighted by atomic mass is 9.81. The number of hydrogen-bond acceptors (Lipinski definition) is 6. The van der Waals surface area contributed by atoms with Crippen LogP contribution in [0.5, 0.6) is 0 Å². The van der Waals surface area contributed by atoms with Gasteiger partial charge in [-0.25, -0.2) is 0 Å². The normalized spacial score (nSPS) is 18.9. The highest BCUT2D eigenvalue weighted by atomic mass is 16.5. The summed E-state index contributed by atoms with van der Waals surface area (Å²) in [6, 6.07) is 19.8. The molecule has 1 atom stereocenters. The van der Waals surface area contributed by atoms with Crippen LogP contribution in [-0.2, 0) is 11.2 Å². The molecule has 5 N–H and O–H groups in total. The molecule has 1 unspecified atom stereocenters. The quantitative estimate of drug-likeness (QED) is 0.363. The molecule has 2 aromatic carbocycles. The number of aromatic nitrogens is 2. The third-order valence-electron chi connectivity index (χ3n) is 7.12. The Bertz CT molecular complexity index is 1300. The number of nitrogens with zero attached hydrogens (tertiary/aromatic N) is 2. The summed E-state index contributed by atoms with van der Waals surface area (Å²) in [4.78, 5) is 17.9. The zero-order valence-electron chi connectivity index (χ0n) is 19.7. The Morgan fingerprint density at radius 1 is 1.03 bits per heavy atom. The van der Waals surface area contributed by atoms with Gasteiger partial charge in [-0.05, 0) is 85.5 Å². The van der Waals surface area contributed by atoms with Gasteiger partial charge < -0.3 is 21.3 Å². The van der Waals surface area contributed by atoms with Crippen LogP contribution >= 0.6 is 0 Å². The highest BCUT2D eigenvalue weighted by Gasteiger charge is 2.28. The zero-order valence-corrected chi connectivity index (χ0v) is 19.7. The number of benzene rings is 2. The summed E-state index contributed by atoms with van der Waals surface area (Å²) >= 11 is 0. The molecule has 7 nitrogen and oxygen atoms in total. The van der Waals surface area contributed by atoms with Gasteiger partial charge in [-0.15, -0.1) is 0 Å². The summed E-state index contributed by atoms with van der Waals surface area (Å²) in [5.74, 6) is 1.04. The number of pyridine rings is 1. The van der Waals surface area contributed by atoms with Crippen LogP contribution in [0.25, 0.3) is 22.1 Å². The average Bonchev–Trinajstić information content (AvgIpc) is 3.29. The number of fused-ring (bicyclic) bond motifs is 1. The average molecular weight is 470 g/mol. The van der Waals surface area contributed by atoms with E-state index in [4.69, 9.17) is 16.0 Å². The fraction of sp³-hybridized carbons (Fsp3) is 0.321. The van der Waals surface area contributed by atoms with Crippen LogP contribution in [0.3, 0.4) is 0 Å². The van der Waals surface area contributed by atoms with Crippen molar-refractivity contribution in [3.05, 3.63) is 78.1 Å². The first-order valence-electron chi connectivity index (χ1n) is 12.3. The lowest BCUT2D eigenvalue weighted by Crippen LogP contribution is -2.37. The lowest BCUT2D eigenvalue weighted by molar-refractivity contribution is -0.127. The van der Waals surface area contributed by atoms with E-state index in [1.165, 1.54) is 0 Å². The lowest BCUT2D eigenvalue weighted by Gasteiger charge is -2.28. The van der Waals surface area contributed by atoms with Crippen LogP contribution in [0.4, 0.5) is 5.82 Å². The number of hydrogen-bond donors (Lipinski definition) is 3. The predicted octanol–water partition coefficient (Wildman–Crippen LogP) is 4.64. The van der Waals surface area contributed by atoms with E-state index in [0.717, 1.165) is 53.5 Å². The van der Waals surface area contributed by atoms with Crippen molar-refractivity contribution in [2.75, 3.05) is 12.3 Å². The molecular formula is C28H31N5O2. The molecule has 1 amide bonds. The summed E-state index contributed by atoms with van der Waals surface area (Å²) in [5, 5.41) is 7.95. The number of nitrogen functional groups attached to an aromatic ring is 1. The molecule has 0 bridgehead atoms. The molecule has 5 rings (SSSR count). The molecule has 0 radical (unpaired) electrons. The fourth-order valence-corrected chi connectivity index (χ4v) is 4.98. The molecule has 4 aromatic rings. The molecule has 180 valence electrons. The topological polar surface area (TPSA) is 120 Å². The van der Waals surface area contributed by atoms with Crippen LogP contribution in [0, 0.1) is 11.8 Å². The SMILES string of the molecule is NC[C@H]1CC[C@H](C(=O)NC(Cc2ccccc2)c2cc(-c3ccc4onc(N)c4c3)ccn2)CC1. The Balaban J connectivity index is 1.42. The molecule has 1 saturated carbocycles. The van der Waals surface area contributed by atoms with E-state index in [1.54, 1.807) is 6.20 Å². The summed E-state index contributed by atoms with van der Waals surface area (Å²) in [5.41, 5.74) is 16.4. The second kappa shape index (κ2) is 10.3. The third-order valence-corrected chi connectivity index (χ3v) is 7.12. The van der Waals surface area contributed by atoms with Gasteiger partial charge in [0, 0.05) is 12.1 Å². The molecule has 7 heteroatoms. The smallest absolute Gasteiger partial charge is 0.223 e. The number of nitrogens with one attached hydrogen (secondary N) is 1. The standard InChI is InChI=1S/C28H31N5O2/c29-17-19-6-8-20(9-7-19)28(34)32-25(14-18-4-2-1-3-5-18)24-16-22(12-13-31-24)21-10-11-26-23(15-21)27(30)33-35-26/h1-5,10-13,15-16,19-20,25H,6-9,14,17,29H2,(H2,30,33)(H,32,34)/t19-,20-,25?. The first kappa shape index (κ1) is 23.1. The van der Waals surface area contributed by atoms with Crippen LogP contribution in [0.1, 0.15) is 43.0 Å². The number of amides is 1. The Hall–Kier alpha value is -3.71. The van der Waals surface area contributed by atoms with E-state index in [-0.39, 0.29) is 17.9 Å². The van der Waals surface area contributed by atoms with Crippen molar-refractivity contribution in [2.45, 2.75) is 38.1 Å². The maximum absolute atomic E-state index is 13.3. The van der Waals surface area contributed by atoms with Gasteiger partial charge in [0.25, 0.3) is 0 Å². The molecule has 1 fully saturated rings. The molecule has 1 aliphatic carbocycles. The van der Waals surface area contributed by atoms with Gasteiger partial charge in [0.1, 0.15) is 0 Å². The van der Waals surface area contributed by atoms with Crippen LogP contribution in [0.2, 0.25) is 0 Å². The van der Waals surface area contributed by atoms with Crippen molar-refractivity contribution in [3.63, 3.8) is 0 Å². The maximum Gasteiger partial charge on any atom is 0.223 e. The third kappa shape index (κ3) is 5.20. The number of carbonyl (C=O) groups is 1. The Kier molecular flexibility index (Phi) is 6.77. The molecule has 2 aromatic heterocycles. The summed E-state index contributed by atoms with van der Waals surface area (Å²) in [7, 11) is 0. The van der Waals surface area contributed by atoms with E-state index in [1.807, 2.05) is 48.5 Å². The number of nitrogens with two attached hydrogens (primary N) is 2. The van der Waals surface area contributed by atoms with Crippen molar-refractivity contribution < 1.29 is 9.32 Å². The van der Waals surface area contributed by atoms with E-state index < -0.39 is 0 Å². The van der Waals surface area contributed by atoms with Crippen LogP contribution < -0.4 is 16.8 Å². The Morgan fingerprint density at radius 2 is 1.80 bits per heavy atom. The molecule has 0 aliphatic heterocycles. The molecule has 1 aliphatic rings. The van der Waals surface area contributed by atoms with E-state index >= 15 is 0 Å². The first-order valence-corrected chi connectivity index (χ1v) is 12.3. The van der Waals surface area contributed by atoms with Crippen molar-refractivity contribution in [2.24, 2.45) is 17.6 Å². The fourth-order valence-electron chi connectivity index (χ4n) is 4.98. The van der Waals surface area contributed by atoms with Crippen molar-refractivity contribution in [3.8, 4) is 11.1 Å². The highest BCUT2D eigenvalue weighted by Crippen LogP contribution is 2.31. The van der Waals surface area contributed by atoms with E-state index in [0.29, 0.717) is 30.3 Å². The van der Waals surface area contributed by atoms with Crippen LogP contribution in [0.15, 0.2) is 71.4 Å². The minimum atomic E-state index is -0.235. The monoisotopic (exact) mass is 469 g/mol. The maximum atomic E-state index is 13.3. The first-order chi connectivity index (χ1) is 17.1. The Morgan fingerprint density at radius 3 is 2.57 bits per heavy atom. The van der Waals surface area contributed by atoms with Gasteiger partial charge in [-0.3, -0.25) is 9.78 Å². The van der Waals surface area contributed by atoms with Gasteiger partial charge in [-0.2, -0.15) is 0 Å². The second-order valence-electron chi connectivity index (χ2n) is 9.45. The highest BCUT2D eigenvalue weighted by molar-refractivity contribution is 5.90. The number of rotatable bonds is 7. The summed E-state index contributed by atoms with van der Waals surface area (Å²) < 4.78 is 5.24. The van der Waals surface area contributed by atoms with E-state index in [2.05, 4.69) is 27.6 Å². The number of carbonyl (C=O) groups excluding carboxylic acids is 1. The minimum absolute atomic E-state index is 0.0261. The van der Waals surface area contributed by atoms with Crippen LogP contribution in [-0.4, -0.2) is 22.6 Å². The van der Waals surface area contributed by atoms with Crippen molar-refractivity contribution in [1.82, 2.24) is 15.5 Å². The van der Waals surface area contributed by atoms with Gasteiger partial charge in [0.15, 0.2) is 11.4 Å². The Labute approximate surface area is 204 Å². The summed E-state index contributed by atoms with van der Waals surface area (Å²) in [6.07, 6.45) is 6.26. The van der Waals surface area contributed by atoms with Gasteiger partial charge in [-0.1, -0.05) is 41.6 Å². The molecule has 0 spiro atoms. The molecular weight excluding hydrogens is 438 g/mol. The largest absolute Gasteiger partial charge is 0.380 e. The number of anilines is 1. The van der Waals surface area contributed by atoms with Gasteiger partial charge >= 0.3 is 0 Å². The van der Waals surface area contributed by atoms with Gasteiger partial charge in [0.05, 0.1) is 17.1 Å². The minimum Gasteiger partial charge on any atom is -0.380 e. The van der Waals surface area contributed by atoms with Gasteiger partial charge in [0.2, 0.25) is 5.91 Å². The second-order valence-corrected chi connectivity index (χ2v) is 9.45. The predicted molar refractivity (Wildman–Crippen MR) is 137 cm³/mol. The summed E-state index contributed by atoms with van der Waals surface area (Å²) in [6.45, 7) is 0.702. The van der Waals surface area contributed by atoms with E-state index in [9.17, 15) is 4.79 Å². The molecule has 0 saturated heterocycles. The zero-order chi connectivity index (χ0) is 24.2.